The maximum absolute atomic E-state index is 11.3. The third-order valence-electron chi connectivity index (χ3n) is 5.20. The summed E-state index contributed by atoms with van der Waals surface area (Å²) in [5.41, 5.74) is 4.60. The van der Waals surface area contributed by atoms with E-state index in [0.717, 1.165) is 16.8 Å². The molecular weight excluding hydrogens is 424 g/mol. The van der Waals surface area contributed by atoms with Crippen LogP contribution < -0.4 is 19.4 Å². The van der Waals surface area contributed by atoms with Crippen molar-refractivity contribution in [3.63, 3.8) is 0 Å². The molecule has 0 saturated carbocycles. The summed E-state index contributed by atoms with van der Waals surface area (Å²) in [6, 6.07) is 14.9. The molecule has 3 aromatic rings. The van der Waals surface area contributed by atoms with Crippen LogP contribution in [0.25, 0.3) is 11.5 Å². The number of aliphatic hydroxyl groups is 2. The van der Waals surface area contributed by atoms with E-state index in [1.165, 1.54) is 0 Å². The Morgan fingerprint density at radius 3 is 2.62 bits per heavy atom. The second-order valence-electron chi connectivity index (χ2n) is 7.61. The van der Waals surface area contributed by atoms with Crippen LogP contribution in [-0.2, 0) is 6.61 Å². The van der Waals surface area contributed by atoms with E-state index in [1.807, 2.05) is 32.0 Å². The molecule has 0 unspecified atom stereocenters. The maximum atomic E-state index is 11.3. The van der Waals surface area contributed by atoms with E-state index in [2.05, 4.69) is 5.32 Å². The van der Waals surface area contributed by atoms with Crippen molar-refractivity contribution in [1.29, 1.82) is 0 Å². The summed E-state index contributed by atoms with van der Waals surface area (Å²) in [5, 5.41) is 24.2. The van der Waals surface area contributed by atoms with Gasteiger partial charge in [0, 0.05) is 22.9 Å². The molecule has 0 spiro atoms. The second kappa shape index (κ2) is 9.38. The Hall–Kier alpha value is -3.42. The molecule has 0 amide bonds. The number of ether oxygens (including phenoxy) is 2. The van der Waals surface area contributed by atoms with Crippen molar-refractivity contribution in [2.24, 2.45) is 0 Å². The van der Waals surface area contributed by atoms with E-state index in [4.69, 9.17) is 21.7 Å². The van der Waals surface area contributed by atoms with Crippen molar-refractivity contribution < 1.29 is 24.3 Å². The molecule has 6 nitrogen and oxygen atoms in total. The second-order valence-corrected chi connectivity index (χ2v) is 8.01. The molecule has 0 saturated heterocycles. The number of aryl methyl sites for hydroxylation is 2. The zero-order valence-electron chi connectivity index (χ0n) is 18.0. The molecule has 1 aliphatic heterocycles. The number of anilines is 1. The average Bonchev–Trinajstić information content (AvgIpc) is 2.81. The molecule has 4 rings (SSSR count). The first-order chi connectivity index (χ1) is 15.5. The molecule has 1 aromatic heterocycles. The number of nitrogens with zero attached hydrogens (tertiary/aromatic N) is 1. The number of rotatable bonds is 5. The molecule has 2 heterocycles. The van der Waals surface area contributed by atoms with Crippen LogP contribution in [0.5, 0.6) is 11.5 Å². The third-order valence-corrected chi connectivity index (χ3v) is 5.49. The van der Waals surface area contributed by atoms with Gasteiger partial charge in [0.05, 0.1) is 6.61 Å². The summed E-state index contributed by atoms with van der Waals surface area (Å²) in [6.07, 6.45) is 3.51. The molecule has 1 aliphatic rings. The van der Waals surface area contributed by atoms with Crippen LogP contribution in [0.15, 0.2) is 60.9 Å². The van der Waals surface area contributed by atoms with Crippen LogP contribution >= 0.6 is 12.2 Å². The number of hydrogen-bond donors (Lipinski definition) is 3. The molecule has 0 radical (unpaired) electrons. The number of nitrogens with one attached hydrogen (secondary N) is 1. The maximum Gasteiger partial charge on any atom is 0.288 e. The zero-order chi connectivity index (χ0) is 22.7. The van der Waals surface area contributed by atoms with Crippen LogP contribution in [0, 0.1) is 13.8 Å². The Morgan fingerprint density at radius 1 is 1.06 bits per heavy atom. The Morgan fingerprint density at radius 2 is 1.84 bits per heavy atom. The Labute approximate surface area is 192 Å². The largest absolute Gasteiger partial charge is 0.502 e. The van der Waals surface area contributed by atoms with Crippen molar-refractivity contribution in [3.8, 4) is 11.5 Å². The number of aromatic nitrogens is 1. The van der Waals surface area contributed by atoms with E-state index >= 15 is 0 Å². The van der Waals surface area contributed by atoms with Gasteiger partial charge in [-0.15, -0.1) is 0 Å². The van der Waals surface area contributed by atoms with Gasteiger partial charge in [-0.3, -0.25) is 0 Å². The fourth-order valence-corrected chi connectivity index (χ4v) is 3.80. The molecule has 32 heavy (non-hydrogen) atoms. The van der Waals surface area contributed by atoms with Crippen molar-refractivity contribution >= 4 is 34.3 Å². The number of thiocarbonyl (C=S) groups is 1. The van der Waals surface area contributed by atoms with Gasteiger partial charge in [-0.25, -0.2) is 0 Å². The number of aliphatic hydroxyl groups excluding tert-OH is 2. The number of fused-ring (bicyclic) bond motifs is 1. The molecule has 0 fully saturated rings. The topological polar surface area (TPSA) is 74.8 Å². The smallest absolute Gasteiger partial charge is 0.288 e. The lowest BCUT2D eigenvalue weighted by Gasteiger charge is -2.19. The van der Waals surface area contributed by atoms with E-state index in [-0.39, 0.29) is 12.4 Å². The molecule has 0 aliphatic carbocycles. The van der Waals surface area contributed by atoms with Crippen molar-refractivity contribution in [2.45, 2.75) is 20.5 Å². The van der Waals surface area contributed by atoms with Crippen molar-refractivity contribution in [1.82, 2.24) is 0 Å². The molecule has 2 aromatic carbocycles. The van der Waals surface area contributed by atoms with Gasteiger partial charge in [0.2, 0.25) is 0 Å². The molecule has 0 bridgehead atoms. The molecule has 164 valence electrons. The Kier molecular flexibility index (Phi) is 6.39. The lowest BCUT2D eigenvalue weighted by atomic mass is 10.1. The first kappa shape index (κ1) is 21.8. The van der Waals surface area contributed by atoms with Crippen LogP contribution in [0.3, 0.4) is 0 Å². The van der Waals surface area contributed by atoms with Gasteiger partial charge in [-0.2, -0.15) is 4.57 Å². The van der Waals surface area contributed by atoms with Gasteiger partial charge in [-0.05, 0) is 55.3 Å². The molecule has 0 atom stereocenters. The summed E-state index contributed by atoms with van der Waals surface area (Å²) in [6.45, 7) is 4.82. The lowest BCUT2D eigenvalue weighted by Crippen LogP contribution is -2.39. The van der Waals surface area contributed by atoms with Gasteiger partial charge in [0.1, 0.15) is 13.2 Å². The Bertz CT molecular complexity index is 1210. The number of benzene rings is 2. The summed E-state index contributed by atoms with van der Waals surface area (Å²) in [4.78, 5) is 0.339. The zero-order valence-corrected chi connectivity index (χ0v) is 18.8. The highest BCUT2D eigenvalue weighted by atomic mass is 32.1. The Balaban J connectivity index is 1.81. The third kappa shape index (κ3) is 4.59. The van der Waals surface area contributed by atoms with Crippen LogP contribution in [-0.4, -0.2) is 28.4 Å². The normalized spacial score (nSPS) is 13.3. The highest BCUT2D eigenvalue weighted by Crippen LogP contribution is 2.33. The van der Waals surface area contributed by atoms with Crippen LogP contribution in [0.2, 0.25) is 0 Å². The molecule has 3 N–H and O–H groups in total. The summed E-state index contributed by atoms with van der Waals surface area (Å²) in [7, 11) is 0. The monoisotopic (exact) mass is 449 g/mol. The van der Waals surface area contributed by atoms with Crippen LogP contribution in [0.4, 0.5) is 5.69 Å². The van der Waals surface area contributed by atoms with E-state index in [9.17, 15) is 10.2 Å². The quantitative estimate of drug-likeness (QED) is 0.235. The summed E-state index contributed by atoms with van der Waals surface area (Å²) in [5.74, 6) is 1.19. The lowest BCUT2D eigenvalue weighted by molar-refractivity contribution is -0.576. The van der Waals surface area contributed by atoms with Gasteiger partial charge in [0.15, 0.2) is 34.6 Å². The van der Waals surface area contributed by atoms with Gasteiger partial charge in [0.25, 0.3) is 5.70 Å². The minimum absolute atomic E-state index is 0.0233. The number of hydrogen-bond acceptors (Lipinski definition) is 5. The first-order valence-electron chi connectivity index (χ1n) is 10.3. The molecular formula is C25H25N2O4S+. The van der Waals surface area contributed by atoms with E-state index in [1.54, 1.807) is 47.3 Å². The van der Waals surface area contributed by atoms with Gasteiger partial charge < -0.3 is 25.0 Å². The highest BCUT2D eigenvalue weighted by Gasteiger charge is 2.26. The van der Waals surface area contributed by atoms with Crippen molar-refractivity contribution in [3.05, 3.63) is 83.2 Å². The minimum atomic E-state index is -0.129. The summed E-state index contributed by atoms with van der Waals surface area (Å²) >= 11 is 5.75. The van der Waals surface area contributed by atoms with E-state index in [0.29, 0.717) is 46.5 Å². The first-order valence-corrected chi connectivity index (χ1v) is 10.7. The van der Waals surface area contributed by atoms with Gasteiger partial charge >= 0.3 is 0 Å². The predicted molar refractivity (Wildman–Crippen MR) is 128 cm³/mol. The van der Waals surface area contributed by atoms with Gasteiger partial charge in [-0.1, -0.05) is 24.4 Å². The van der Waals surface area contributed by atoms with Crippen LogP contribution in [0.1, 0.15) is 22.3 Å². The predicted octanol–water partition coefficient (Wildman–Crippen LogP) is 4.18. The highest BCUT2D eigenvalue weighted by molar-refractivity contribution is 7.81. The standard InChI is InChI=1S/C25H24N2O4S/c1-16-5-6-17(2)20(12-16)26-25(32)23(27-9-3-4-18(14-27)15-28)24(29)19-7-8-21-22(13-19)31-11-10-30-21/h3-9,12-14,28H,10-11,15H2,1-2H3,(H-,26,29,32)/p+1. The van der Waals surface area contributed by atoms with Crippen molar-refractivity contribution in [2.75, 3.05) is 18.5 Å². The SMILES string of the molecule is Cc1ccc(C)c(NC(=S)/C(=C(\O)c2ccc3c(c2)OCCO3)[n+]2cccc(CO)c2)c1. The van der Waals surface area contributed by atoms with E-state index < -0.39 is 0 Å². The molecule has 7 heteroatoms. The summed E-state index contributed by atoms with van der Waals surface area (Å²) < 4.78 is 13.0. The fraction of sp³-hybridized carbons (Fsp3) is 0.200. The number of pyridine rings is 1. The average molecular weight is 450 g/mol. The minimum Gasteiger partial charge on any atom is -0.502 e. The fourth-order valence-electron chi connectivity index (χ4n) is 3.48.